The van der Waals surface area contributed by atoms with E-state index in [0.29, 0.717) is 0 Å². The van der Waals surface area contributed by atoms with Crippen molar-refractivity contribution in [3.05, 3.63) is 95.8 Å². The van der Waals surface area contributed by atoms with E-state index < -0.39 is 21.9 Å². The third-order valence-corrected chi connectivity index (χ3v) is 5.39. The minimum atomic E-state index is -3.90. The van der Waals surface area contributed by atoms with Gasteiger partial charge in [-0.15, -0.1) is 0 Å². The van der Waals surface area contributed by atoms with Gasteiger partial charge in [0.1, 0.15) is 0 Å². The first-order valence-electron chi connectivity index (χ1n) is 7.97. The Morgan fingerprint density at radius 3 is 1.92 bits per heavy atom. The van der Waals surface area contributed by atoms with Crippen molar-refractivity contribution in [2.75, 3.05) is 7.11 Å². The zero-order valence-corrected chi connectivity index (χ0v) is 14.9. The summed E-state index contributed by atoms with van der Waals surface area (Å²) in [6, 6.07) is 21.4. The molecule has 6 heteroatoms. The van der Waals surface area contributed by atoms with Crippen LogP contribution in [0.15, 0.2) is 83.8 Å². The molecule has 0 heterocycles. The van der Waals surface area contributed by atoms with Gasteiger partial charge < -0.3 is 4.74 Å². The third-order valence-electron chi connectivity index (χ3n) is 3.97. The van der Waals surface area contributed by atoms with Crippen molar-refractivity contribution in [3.8, 4) is 5.75 Å². The lowest BCUT2D eigenvalue weighted by molar-refractivity contribution is 0.385. The summed E-state index contributed by atoms with van der Waals surface area (Å²) < 4.78 is 47.0. The Morgan fingerprint density at radius 1 is 0.885 bits per heavy atom. The standard InChI is InChI=1S/C20H18FNO3S/c1-25-19-14-17(12-13-18(19)21)26(23,24)22-20(15-8-4-2-5-9-15)16-10-6-3-7-11-16/h2-14,20,22H,1H3. The molecule has 0 bridgehead atoms. The Bertz CT molecular complexity index is 937. The van der Waals surface area contributed by atoms with Crippen LogP contribution in [0.25, 0.3) is 0 Å². The number of ether oxygens (including phenoxy) is 1. The topological polar surface area (TPSA) is 55.4 Å². The van der Waals surface area contributed by atoms with Crippen molar-refractivity contribution >= 4 is 10.0 Å². The highest BCUT2D eigenvalue weighted by atomic mass is 32.2. The van der Waals surface area contributed by atoms with E-state index in [-0.39, 0.29) is 10.6 Å². The van der Waals surface area contributed by atoms with E-state index in [4.69, 9.17) is 4.74 Å². The molecule has 3 aromatic carbocycles. The van der Waals surface area contributed by atoms with E-state index in [2.05, 4.69) is 4.72 Å². The Labute approximate surface area is 152 Å². The van der Waals surface area contributed by atoms with Gasteiger partial charge in [0.15, 0.2) is 11.6 Å². The summed E-state index contributed by atoms with van der Waals surface area (Å²) in [5.74, 6) is -0.738. The molecular formula is C20H18FNO3S. The van der Waals surface area contributed by atoms with E-state index in [1.807, 2.05) is 60.7 Å². The molecule has 26 heavy (non-hydrogen) atoms. The highest BCUT2D eigenvalue weighted by Gasteiger charge is 2.23. The second-order valence-corrected chi connectivity index (χ2v) is 7.39. The Balaban J connectivity index is 2.01. The van der Waals surface area contributed by atoms with Crippen molar-refractivity contribution in [1.29, 1.82) is 0 Å². The maximum atomic E-state index is 13.6. The van der Waals surface area contributed by atoms with Crippen LogP contribution < -0.4 is 9.46 Å². The number of hydrogen-bond acceptors (Lipinski definition) is 3. The molecule has 0 amide bonds. The van der Waals surface area contributed by atoms with Gasteiger partial charge in [0, 0.05) is 6.07 Å². The lowest BCUT2D eigenvalue weighted by Gasteiger charge is -2.20. The predicted octanol–water partition coefficient (Wildman–Crippen LogP) is 3.90. The summed E-state index contributed by atoms with van der Waals surface area (Å²) in [4.78, 5) is -0.0624. The molecule has 134 valence electrons. The fraction of sp³-hybridized carbons (Fsp3) is 0.100. The van der Waals surface area contributed by atoms with Crippen molar-refractivity contribution in [1.82, 2.24) is 4.72 Å². The van der Waals surface area contributed by atoms with Crippen LogP contribution >= 0.6 is 0 Å². The molecule has 0 unspecified atom stereocenters. The normalized spacial score (nSPS) is 11.5. The molecule has 0 aromatic heterocycles. The van der Waals surface area contributed by atoms with Gasteiger partial charge in [-0.3, -0.25) is 0 Å². The molecule has 1 N–H and O–H groups in total. The van der Waals surface area contributed by atoms with Gasteiger partial charge in [-0.2, -0.15) is 4.72 Å². The fourth-order valence-corrected chi connectivity index (χ4v) is 3.88. The van der Waals surface area contributed by atoms with Crippen LogP contribution in [0.2, 0.25) is 0 Å². The molecule has 0 saturated heterocycles. The summed E-state index contributed by atoms with van der Waals surface area (Å²) in [5, 5.41) is 0. The Hall–Kier alpha value is -2.70. The number of nitrogens with one attached hydrogen (secondary N) is 1. The molecule has 0 radical (unpaired) electrons. The number of hydrogen-bond donors (Lipinski definition) is 1. The second-order valence-electron chi connectivity index (χ2n) is 5.67. The zero-order chi connectivity index (χ0) is 18.6. The Morgan fingerprint density at radius 2 is 1.42 bits per heavy atom. The van der Waals surface area contributed by atoms with Crippen molar-refractivity contribution < 1.29 is 17.5 Å². The molecule has 0 spiro atoms. The van der Waals surface area contributed by atoms with Gasteiger partial charge in [-0.1, -0.05) is 60.7 Å². The number of sulfonamides is 1. The molecule has 0 saturated carbocycles. The molecule has 4 nitrogen and oxygen atoms in total. The van der Waals surface area contributed by atoms with E-state index in [9.17, 15) is 12.8 Å². The second kappa shape index (κ2) is 7.68. The highest BCUT2D eigenvalue weighted by molar-refractivity contribution is 7.89. The SMILES string of the molecule is COc1cc(S(=O)(=O)NC(c2ccccc2)c2ccccc2)ccc1F. The number of methoxy groups -OCH3 is 1. The van der Waals surface area contributed by atoms with E-state index in [1.165, 1.54) is 19.2 Å². The zero-order valence-electron chi connectivity index (χ0n) is 14.1. The van der Waals surface area contributed by atoms with Crippen LogP contribution in [0.4, 0.5) is 4.39 Å². The molecule has 0 atom stereocenters. The minimum absolute atomic E-state index is 0.0624. The average molecular weight is 371 g/mol. The van der Waals surface area contributed by atoms with Gasteiger partial charge in [-0.25, -0.2) is 12.8 Å². The van der Waals surface area contributed by atoms with Crippen molar-refractivity contribution in [2.24, 2.45) is 0 Å². The summed E-state index contributed by atoms with van der Waals surface area (Å²) in [6.07, 6.45) is 0. The molecule has 0 aliphatic heterocycles. The largest absolute Gasteiger partial charge is 0.494 e. The first-order chi connectivity index (χ1) is 12.5. The molecule has 3 aromatic rings. The van der Waals surface area contributed by atoms with Crippen LogP contribution in [-0.4, -0.2) is 15.5 Å². The van der Waals surface area contributed by atoms with Crippen LogP contribution in [0.1, 0.15) is 17.2 Å². The maximum Gasteiger partial charge on any atom is 0.241 e. The molecule has 0 aliphatic rings. The van der Waals surface area contributed by atoms with Gasteiger partial charge in [0.25, 0.3) is 0 Å². The molecule has 3 rings (SSSR count). The van der Waals surface area contributed by atoms with Gasteiger partial charge >= 0.3 is 0 Å². The average Bonchev–Trinajstić information content (AvgIpc) is 2.68. The molecule has 0 aliphatic carbocycles. The minimum Gasteiger partial charge on any atom is -0.494 e. The molecule has 0 fully saturated rings. The van der Waals surface area contributed by atoms with Crippen LogP contribution in [0.3, 0.4) is 0 Å². The summed E-state index contributed by atoms with van der Waals surface area (Å²) in [6.45, 7) is 0. The monoisotopic (exact) mass is 371 g/mol. The van der Waals surface area contributed by atoms with E-state index in [0.717, 1.165) is 17.2 Å². The quantitative estimate of drug-likeness (QED) is 0.715. The fourth-order valence-electron chi connectivity index (χ4n) is 2.65. The smallest absolute Gasteiger partial charge is 0.241 e. The van der Waals surface area contributed by atoms with E-state index in [1.54, 1.807) is 0 Å². The Kier molecular flexibility index (Phi) is 5.35. The number of rotatable bonds is 6. The summed E-state index contributed by atoms with van der Waals surface area (Å²) in [5.41, 5.74) is 1.60. The third kappa shape index (κ3) is 3.92. The van der Waals surface area contributed by atoms with Gasteiger partial charge in [0.2, 0.25) is 10.0 Å². The number of benzene rings is 3. The van der Waals surface area contributed by atoms with Crippen molar-refractivity contribution in [3.63, 3.8) is 0 Å². The van der Waals surface area contributed by atoms with Gasteiger partial charge in [-0.05, 0) is 23.3 Å². The maximum absolute atomic E-state index is 13.6. The first kappa shape index (κ1) is 18.1. The van der Waals surface area contributed by atoms with E-state index >= 15 is 0 Å². The lowest BCUT2D eigenvalue weighted by atomic mass is 10.00. The van der Waals surface area contributed by atoms with Crippen molar-refractivity contribution in [2.45, 2.75) is 10.9 Å². The predicted molar refractivity (Wildman–Crippen MR) is 98.0 cm³/mol. The summed E-state index contributed by atoms with van der Waals surface area (Å²) in [7, 11) is -2.61. The summed E-state index contributed by atoms with van der Waals surface area (Å²) >= 11 is 0. The number of halogens is 1. The highest BCUT2D eigenvalue weighted by Crippen LogP contribution is 2.26. The van der Waals surface area contributed by atoms with Crippen LogP contribution in [-0.2, 0) is 10.0 Å². The van der Waals surface area contributed by atoms with Crippen LogP contribution in [0, 0.1) is 5.82 Å². The van der Waals surface area contributed by atoms with Gasteiger partial charge in [0.05, 0.1) is 18.0 Å². The first-order valence-corrected chi connectivity index (χ1v) is 9.45. The lowest BCUT2D eigenvalue weighted by Crippen LogP contribution is -2.29. The van der Waals surface area contributed by atoms with Crippen LogP contribution in [0.5, 0.6) is 5.75 Å². The molecular weight excluding hydrogens is 353 g/mol.